The van der Waals surface area contributed by atoms with E-state index in [2.05, 4.69) is 20.4 Å². The molecule has 3 N–H and O–H groups in total. The quantitative estimate of drug-likeness (QED) is 0.454. The molecule has 0 unspecified atom stereocenters. The van der Waals surface area contributed by atoms with E-state index in [1.165, 1.54) is 12.3 Å². The molecule has 2 aromatic carbocycles. The third kappa shape index (κ3) is 5.06. The van der Waals surface area contributed by atoms with Crippen molar-refractivity contribution in [2.45, 2.75) is 13.5 Å². The van der Waals surface area contributed by atoms with E-state index in [4.69, 9.17) is 21.9 Å². The zero-order valence-corrected chi connectivity index (χ0v) is 16.5. The van der Waals surface area contributed by atoms with Crippen LogP contribution in [-0.2, 0) is 6.54 Å². The monoisotopic (exact) mass is 431 g/mol. The maximum atomic E-state index is 13.6. The molecule has 0 aliphatic heterocycles. The first-order chi connectivity index (χ1) is 14.3. The van der Waals surface area contributed by atoms with Crippen LogP contribution < -0.4 is 11.1 Å². The van der Waals surface area contributed by atoms with E-state index in [0.29, 0.717) is 28.8 Å². The van der Waals surface area contributed by atoms with Gasteiger partial charge in [-0.1, -0.05) is 22.8 Å². The van der Waals surface area contributed by atoms with Crippen molar-refractivity contribution >= 4 is 23.3 Å². The molecule has 0 saturated heterocycles. The molecule has 0 aliphatic rings. The van der Waals surface area contributed by atoms with Crippen LogP contribution in [-0.4, -0.2) is 21.9 Å². The summed E-state index contributed by atoms with van der Waals surface area (Å²) in [6.07, 6.45) is 2.72. The van der Waals surface area contributed by atoms with Crippen LogP contribution in [0.1, 0.15) is 21.7 Å². The molecular formula is C20H16ClF2N5O2. The first-order valence-corrected chi connectivity index (χ1v) is 9.04. The summed E-state index contributed by atoms with van der Waals surface area (Å²) in [6, 6.07) is 8.33. The third-order valence-corrected chi connectivity index (χ3v) is 4.26. The number of carbonyl (C=O) groups excluding carboxylic acids is 1. The number of amidine groups is 1. The minimum absolute atomic E-state index is 0.226. The highest BCUT2D eigenvalue weighted by Crippen LogP contribution is 2.24. The molecule has 7 nitrogen and oxygen atoms in total. The summed E-state index contributed by atoms with van der Waals surface area (Å²) in [5.74, 6) is -2.47. The summed E-state index contributed by atoms with van der Waals surface area (Å²) in [6.45, 7) is 2.03. The summed E-state index contributed by atoms with van der Waals surface area (Å²) in [4.78, 5) is 19.6. The van der Waals surface area contributed by atoms with Crippen LogP contribution in [0.3, 0.4) is 0 Å². The number of hydrogen-bond acceptors (Lipinski definition) is 5. The number of carbonyl (C=O) groups is 1. The molecule has 1 aromatic heterocycles. The molecule has 3 rings (SSSR count). The van der Waals surface area contributed by atoms with Crippen molar-refractivity contribution in [2.75, 3.05) is 0 Å². The lowest BCUT2D eigenvalue weighted by Gasteiger charge is -2.06. The van der Waals surface area contributed by atoms with Crippen LogP contribution in [0.2, 0.25) is 5.02 Å². The topological polar surface area (TPSA) is 106 Å². The minimum Gasteiger partial charge on any atom is -0.387 e. The van der Waals surface area contributed by atoms with Gasteiger partial charge in [0.2, 0.25) is 0 Å². The second kappa shape index (κ2) is 9.27. The molecule has 0 aliphatic carbocycles. The number of benzene rings is 2. The maximum absolute atomic E-state index is 13.6. The van der Waals surface area contributed by atoms with E-state index >= 15 is 0 Å². The Morgan fingerprint density at radius 1 is 1.30 bits per heavy atom. The molecule has 0 saturated carbocycles. The van der Waals surface area contributed by atoms with Crippen molar-refractivity contribution < 1.29 is 18.1 Å². The highest BCUT2D eigenvalue weighted by molar-refractivity contribution is 6.31. The van der Waals surface area contributed by atoms with Crippen molar-refractivity contribution in [1.82, 2.24) is 15.5 Å². The molecule has 0 spiro atoms. The number of nitrogens with one attached hydrogen (secondary N) is 1. The number of aromatic nitrogens is 2. The van der Waals surface area contributed by atoms with Crippen LogP contribution in [0.15, 0.2) is 58.2 Å². The lowest BCUT2D eigenvalue weighted by Crippen LogP contribution is -2.15. The van der Waals surface area contributed by atoms with Gasteiger partial charge in [-0.15, -0.1) is 0 Å². The lowest BCUT2D eigenvalue weighted by atomic mass is 10.1. The molecule has 3 aromatic rings. The van der Waals surface area contributed by atoms with Crippen LogP contribution in [0.25, 0.3) is 11.5 Å². The Kier molecular flexibility index (Phi) is 6.53. The van der Waals surface area contributed by atoms with Crippen LogP contribution >= 0.6 is 11.6 Å². The number of nitrogens with two attached hydrogens (primary N) is 1. The fourth-order valence-electron chi connectivity index (χ4n) is 2.48. The summed E-state index contributed by atoms with van der Waals surface area (Å²) in [7, 11) is 0. The average molecular weight is 432 g/mol. The first-order valence-electron chi connectivity index (χ1n) is 8.66. The van der Waals surface area contributed by atoms with E-state index in [-0.39, 0.29) is 5.84 Å². The van der Waals surface area contributed by atoms with E-state index < -0.39 is 23.1 Å². The molecule has 30 heavy (non-hydrogen) atoms. The van der Waals surface area contributed by atoms with Crippen molar-refractivity contribution in [1.29, 1.82) is 0 Å². The highest BCUT2D eigenvalue weighted by atomic mass is 35.5. The molecule has 0 bridgehead atoms. The highest BCUT2D eigenvalue weighted by Gasteiger charge is 2.16. The molecular weight excluding hydrogens is 416 g/mol. The standard InChI is InChI=1S/C20H16ClF2N5O2/c1-11-26-20(30-28-11)12-5-6-14(21)13(9-12)10-25-8-7-17(24)27-19(29)18-15(22)3-2-4-16(18)23/h2-9,25H,10H2,1H3,(H2,24,27,29)/b8-7-. The smallest absolute Gasteiger partial charge is 0.284 e. The molecule has 0 radical (unpaired) electrons. The molecule has 154 valence electrons. The van der Waals surface area contributed by atoms with E-state index in [9.17, 15) is 13.6 Å². The molecule has 0 atom stereocenters. The number of amides is 1. The Morgan fingerprint density at radius 2 is 2.03 bits per heavy atom. The largest absolute Gasteiger partial charge is 0.387 e. The van der Waals surface area contributed by atoms with Crippen LogP contribution in [0.4, 0.5) is 8.78 Å². The summed E-state index contributed by atoms with van der Waals surface area (Å²) < 4.78 is 32.4. The SMILES string of the molecule is Cc1noc(-c2ccc(Cl)c(CN/C=C\C(N)=NC(=O)c3c(F)cccc3F)c2)n1. The van der Waals surface area contributed by atoms with Crippen LogP contribution in [0.5, 0.6) is 0 Å². The number of rotatable bonds is 6. The Bertz CT molecular complexity index is 1120. The fourth-order valence-corrected chi connectivity index (χ4v) is 2.67. The molecule has 10 heteroatoms. The predicted molar refractivity (Wildman–Crippen MR) is 108 cm³/mol. The predicted octanol–water partition coefficient (Wildman–Crippen LogP) is 3.78. The number of aryl methyl sites for hydroxylation is 1. The van der Waals surface area contributed by atoms with Gasteiger partial charge in [-0.2, -0.15) is 9.98 Å². The normalized spacial score (nSPS) is 11.8. The van der Waals surface area contributed by atoms with Gasteiger partial charge in [0.15, 0.2) is 5.82 Å². The van der Waals surface area contributed by atoms with Gasteiger partial charge in [-0.25, -0.2) is 8.78 Å². The summed E-state index contributed by atoms with van der Waals surface area (Å²) in [5, 5.41) is 7.21. The Labute approximate surface area is 175 Å². The van der Waals surface area contributed by atoms with Gasteiger partial charge in [0.1, 0.15) is 23.0 Å². The minimum atomic E-state index is -1.11. The maximum Gasteiger partial charge on any atom is 0.284 e. The number of hydrogen-bond donors (Lipinski definition) is 2. The van der Waals surface area contributed by atoms with Gasteiger partial charge in [0.05, 0.1) is 0 Å². The van der Waals surface area contributed by atoms with Gasteiger partial charge in [-0.3, -0.25) is 4.79 Å². The summed E-state index contributed by atoms with van der Waals surface area (Å²) >= 11 is 6.20. The fraction of sp³-hybridized carbons (Fsp3) is 0.100. The average Bonchev–Trinajstić information content (AvgIpc) is 3.12. The van der Waals surface area contributed by atoms with E-state index in [0.717, 1.165) is 23.8 Å². The molecule has 0 fully saturated rings. The van der Waals surface area contributed by atoms with Crippen molar-refractivity contribution in [3.05, 3.63) is 82.3 Å². The van der Waals surface area contributed by atoms with Gasteiger partial charge in [0, 0.05) is 23.3 Å². The van der Waals surface area contributed by atoms with Crippen LogP contribution in [0, 0.1) is 18.6 Å². The number of nitrogens with zero attached hydrogens (tertiary/aromatic N) is 3. The lowest BCUT2D eigenvalue weighted by molar-refractivity contribution is 0.0995. The third-order valence-electron chi connectivity index (χ3n) is 3.89. The first kappa shape index (κ1) is 21.1. The Hall–Kier alpha value is -3.59. The van der Waals surface area contributed by atoms with E-state index in [1.807, 2.05) is 0 Å². The zero-order chi connectivity index (χ0) is 21.7. The van der Waals surface area contributed by atoms with E-state index in [1.54, 1.807) is 25.1 Å². The zero-order valence-electron chi connectivity index (χ0n) is 15.7. The van der Waals surface area contributed by atoms with Gasteiger partial charge in [-0.05, 0) is 48.9 Å². The second-order valence-corrected chi connectivity index (χ2v) is 6.51. The van der Waals surface area contributed by atoms with Crippen molar-refractivity contribution in [2.24, 2.45) is 10.7 Å². The van der Waals surface area contributed by atoms with Crippen molar-refractivity contribution in [3.63, 3.8) is 0 Å². The number of halogens is 3. The van der Waals surface area contributed by atoms with Gasteiger partial charge in [0.25, 0.3) is 11.8 Å². The Morgan fingerprint density at radius 3 is 2.70 bits per heavy atom. The second-order valence-electron chi connectivity index (χ2n) is 6.11. The summed E-state index contributed by atoms with van der Waals surface area (Å²) in [5.41, 5.74) is 6.32. The molecule has 1 amide bonds. The van der Waals surface area contributed by atoms with Crippen molar-refractivity contribution in [3.8, 4) is 11.5 Å². The number of aliphatic imine (C=N–C) groups is 1. The Balaban J connectivity index is 1.64. The van der Waals surface area contributed by atoms with Gasteiger partial charge < -0.3 is 15.6 Å². The van der Waals surface area contributed by atoms with Gasteiger partial charge >= 0.3 is 0 Å². The molecule has 1 heterocycles.